The van der Waals surface area contributed by atoms with Crippen molar-refractivity contribution in [1.82, 2.24) is 4.72 Å². The van der Waals surface area contributed by atoms with Crippen LogP contribution in [0.25, 0.3) is 0 Å². The maximum atomic E-state index is 12.2. The number of carbonyl (C=O) groups excluding carboxylic acids is 1. The van der Waals surface area contributed by atoms with Crippen molar-refractivity contribution >= 4 is 31.9 Å². The van der Waals surface area contributed by atoms with Crippen molar-refractivity contribution in [2.45, 2.75) is 36.5 Å². The van der Waals surface area contributed by atoms with Crippen molar-refractivity contribution in [3.8, 4) is 0 Å². The minimum Gasteiger partial charge on any atom is -0.307 e. The molecule has 0 spiro atoms. The molecule has 0 aromatic heterocycles. The maximum absolute atomic E-state index is 12.2. The third kappa shape index (κ3) is 6.04. The Balaban J connectivity index is 2.09. The number of nitrogens with one attached hydrogen (secondary N) is 2. The third-order valence-electron chi connectivity index (χ3n) is 3.68. The van der Waals surface area contributed by atoms with Gasteiger partial charge in [-0.25, -0.2) is 17.9 Å². The van der Waals surface area contributed by atoms with Gasteiger partial charge in [-0.3, -0.25) is 4.18 Å². The Bertz CT molecular complexity index is 1030. The summed E-state index contributed by atoms with van der Waals surface area (Å²) in [6.45, 7) is 3.78. The van der Waals surface area contributed by atoms with Gasteiger partial charge in [0.2, 0.25) is 0 Å². The highest BCUT2D eigenvalue weighted by Crippen LogP contribution is 2.18. The number of sulfonamides is 1. The number of rotatable bonds is 8. The zero-order valence-corrected chi connectivity index (χ0v) is 17.1. The monoisotopic (exact) mass is 426 g/mol. The molecule has 28 heavy (non-hydrogen) atoms. The minimum atomic E-state index is -4.05. The summed E-state index contributed by atoms with van der Waals surface area (Å²) in [5.41, 5.74) is 0.986. The molecule has 0 fully saturated rings. The Morgan fingerprint density at radius 1 is 1.00 bits per heavy atom. The molecule has 0 saturated carbocycles. The van der Waals surface area contributed by atoms with E-state index in [1.807, 2.05) is 18.6 Å². The molecule has 0 atom stereocenters. The van der Waals surface area contributed by atoms with E-state index in [-0.39, 0.29) is 22.1 Å². The first-order chi connectivity index (χ1) is 13.1. The van der Waals surface area contributed by atoms with Crippen LogP contribution in [-0.4, -0.2) is 29.5 Å². The Morgan fingerprint density at radius 3 is 2.32 bits per heavy atom. The number of amides is 2. The maximum Gasteiger partial charge on any atom is 0.333 e. The minimum absolute atomic E-state index is 0.0612. The molecule has 0 saturated heterocycles. The van der Waals surface area contributed by atoms with E-state index < -0.39 is 26.2 Å². The number of urea groups is 1. The lowest BCUT2D eigenvalue weighted by Crippen LogP contribution is -2.34. The summed E-state index contributed by atoms with van der Waals surface area (Å²) in [6.07, 6.45) is 1.38. The van der Waals surface area contributed by atoms with E-state index in [0.717, 1.165) is 12.0 Å². The van der Waals surface area contributed by atoms with Gasteiger partial charge in [-0.1, -0.05) is 37.1 Å². The highest BCUT2D eigenvalue weighted by Gasteiger charge is 2.19. The zero-order valence-electron chi connectivity index (χ0n) is 15.5. The summed E-state index contributed by atoms with van der Waals surface area (Å²) in [6, 6.07) is 10.3. The van der Waals surface area contributed by atoms with Gasteiger partial charge in [0.05, 0.1) is 16.4 Å². The van der Waals surface area contributed by atoms with E-state index in [1.165, 1.54) is 36.4 Å². The lowest BCUT2D eigenvalue weighted by atomic mass is 10.2. The summed E-state index contributed by atoms with van der Waals surface area (Å²) in [7, 11) is -8.02. The van der Waals surface area contributed by atoms with E-state index in [4.69, 9.17) is 4.18 Å². The highest BCUT2D eigenvalue weighted by molar-refractivity contribution is 7.90. The standard InChI is InChI=1S/C18H22N2O6S2/c1-3-4-12-26-28(24,25)17-7-5-6-15(13-17)19-18(21)20-27(22,23)16-10-8-14(2)9-11-16/h5-11,13H,3-4,12H2,1-2H3,(H2,19,20,21). The highest BCUT2D eigenvalue weighted by atomic mass is 32.2. The lowest BCUT2D eigenvalue weighted by Gasteiger charge is -2.10. The van der Waals surface area contributed by atoms with Crippen LogP contribution in [0.15, 0.2) is 58.3 Å². The van der Waals surface area contributed by atoms with Gasteiger partial charge < -0.3 is 5.32 Å². The second kappa shape index (κ2) is 9.18. The van der Waals surface area contributed by atoms with Crippen molar-refractivity contribution in [3.63, 3.8) is 0 Å². The molecular weight excluding hydrogens is 404 g/mol. The first-order valence-corrected chi connectivity index (χ1v) is 11.4. The normalized spacial score (nSPS) is 11.8. The molecule has 0 bridgehead atoms. The molecule has 8 nitrogen and oxygen atoms in total. The number of benzene rings is 2. The molecule has 152 valence electrons. The Kier molecular flexibility index (Phi) is 7.17. The number of hydrogen-bond donors (Lipinski definition) is 2. The summed E-state index contributed by atoms with van der Waals surface area (Å²) in [5.74, 6) is 0. The van der Waals surface area contributed by atoms with Gasteiger partial charge in [0.15, 0.2) is 0 Å². The molecule has 10 heteroatoms. The van der Waals surface area contributed by atoms with Crippen LogP contribution in [0.2, 0.25) is 0 Å². The van der Waals surface area contributed by atoms with Crippen LogP contribution in [0, 0.1) is 6.92 Å². The van der Waals surface area contributed by atoms with Gasteiger partial charge in [0.1, 0.15) is 0 Å². The van der Waals surface area contributed by atoms with Crippen LogP contribution in [0.3, 0.4) is 0 Å². The number of carbonyl (C=O) groups is 1. The first kappa shape index (κ1) is 21.9. The second-order valence-corrected chi connectivity index (χ2v) is 9.33. The molecular formula is C18H22N2O6S2. The second-order valence-electron chi connectivity index (χ2n) is 6.03. The molecule has 2 N–H and O–H groups in total. The molecule has 0 aliphatic heterocycles. The van der Waals surface area contributed by atoms with Crippen molar-refractivity contribution in [2.75, 3.05) is 11.9 Å². The van der Waals surface area contributed by atoms with Gasteiger partial charge in [0, 0.05) is 5.69 Å². The summed E-state index contributed by atoms with van der Waals surface area (Å²) >= 11 is 0. The lowest BCUT2D eigenvalue weighted by molar-refractivity contribution is 0.256. The van der Waals surface area contributed by atoms with Crippen molar-refractivity contribution < 1.29 is 25.8 Å². The Hall–Kier alpha value is -2.43. The number of aryl methyl sites for hydroxylation is 1. The fourth-order valence-corrected chi connectivity index (χ4v) is 4.06. The molecule has 0 unspecified atom stereocenters. The van der Waals surface area contributed by atoms with Crippen LogP contribution < -0.4 is 10.0 Å². The van der Waals surface area contributed by atoms with Gasteiger partial charge in [-0.05, 0) is 43.7 Å². The average Bonchev–Trinajstić information content (AvgIpc) is 2.62. The fourth-order valence-electron chi connectivity index (χ4n) is 2.17. The van der Waals surface area contributed by atoms with E-state index in [2.05, 4.69) is 5.32 Å². The van der Waals surface area contributed by atoms with E-state index >= 15 is 0 Å². The van der Waals surface area contributed by atoms with Crippen LogP contribution >= 0.6 is 0 Å². The Morgan fingerprint density at radius 2 is 1.68 bits per heavy atom. The summed E-state index contributed by atoms with van der Waals surface area (Å²) < 4.78 is 55.5. The predicted octanol–water partition coefficient (Wildman–Crippen LogP) is 3.01. The SMILES string of the molecule is CCCCOS(=O)(=O)c1cccc(NC(=O)NS(=O)(=O)c2ccc(C)cc2)c1. The summed E-state index contributed by atoms with van der Waals surface area (Å²) in [4.78, 5) is 11.9. The van der Waals surface area contributed by atoms with Gasteiger partial charge in [-0.2, -0.15) is 8.42 Å². The topological polar surface area (TPSA) is 119 Å². The number of hydrogen-bond acceptors (Lipinski definition) is 6. The third-order valence-corrected chi connectivity index (χ3v) is 6.33. The van der Waals surface area contributed by atoms with Crippen LogP contribution in [0.5, 0.6) is 0 Å². The van der Waals surface area contributed by atoms with Gasteiger partial charge in [-0.15, -0.1) is 0 Å². The van der Waals surface area contributed by atoms with Gasteiger partial charge >= 0.3 is 6.03 Å². The molecule has 2 amide bonds. The van der Waals surface area contributed by atoms with E-state index in [9.17, 15) is 21.6 Å². The zero-order chi connectivity index (χ0) is 20.8. The van der Waals surface area contributed by atoms with Crippen molar-refractivity contribution in [3.05, 3.63) is 54.1 Å². The average molecular weight is 427 g/mol. The summed E-state index contributed by atoms with van der Waals surface area (Å²) in [5, 5.41) is 2.31. The number of anilines is 1. The van der Waals surface area contributed by atoms with E-state index in [1.54, 1.807) is 12.1 Å². The molecule has 2 rings (SSSR count). The molecule has 2 aromatic rings. The fraction of sp³-hybridized carbons (Fsp3) is 0.278. The first-order valence-electron chi connectivity index (χ1n) is 8.54. The van der Waals surface area contributed by atoms with Crippen molar-refractivity contribution in [1.29, 1.82) is 0 Å². The Labute approximate surface area is 165 Å². The van der Waals surface area contributed by atoms with Crippen LogP contribution in [-0.2, 0) is 24.3 Å². The molecule has 0 radical (unpaired) electrons. The predicted molar refractivity (Wildman–Crippen MR) is 105 cm³/mol. The quantitative estimate of drug-likeness (QED) is 0.495. The molecule has 0 aliphatic rings. The molecule has 0 heterocycles. The van der Waals surface area contributed by atoms with Gasteiger partial charge in [0.25, 0.3) is 20.1 Å². The van der Waals surface area contributed by atoms with Crippen LogP contribution in [0.4, 0.5) is 10.5 Å². The van der Waals surface area contributed by atoms with E-state index in [0.29, 0.717) is 6.42 Å². The van der Waals surface area contributed by atoms with Crippen molar-refractivity contribution in [2.24, 2.45) is 0 Å². The smallest absolute Gasteiger partial charge is 0.307 e. The number of unbranched alkanes of at least 4 members (excludes halogenated alkanes) is 1. The van der Waals surface area contributed by atoms with Crippen LogP contribution in [0.1, 0.15) is 25.3 Å². The molecule has 2 aromatic carbocycles. The largest absolute Gasteiger partial charge is 0.333 e. The molecule has 0 aliphatic carbocycles.